The Bertz CT molecular complexity index is 831. The minimum Gasteiger partial charge on any atom is -0.366 e. The van der Waals surface area contributed by atoms with Crippen molar-refractivity contribution in [3.63, 3.8) is 0 Å². The quantitative estimate of drug-likeness (QED) is 0.825. The first-order chi connectivity index (χ1) is 12.7. The standard InChI is InChI=1S/C19H21F2N5/c20-15-9-13(11-22)10-16(21)18(15)25-7-4-5-14(12-25)19-24-23-17-6-2-1-3-8-26(17)19/h9-10,14H,1-8,12H2. The maximum Gasteiger partial charge on any atom is 0.150 e. The molecule has 1 atom stereocenters. The Hall–Kier alpha value is -2.49. The van der Waals surface area contributed by atoms with Gasteiger partial charge < -0.3 is 9.47 Å². The molecule has 1 aromatic carbocycles. The highest BCUT2D eigenvalue weighted by molar-refractivity contribution is 5.53. The second-order valence-corrected chi connectivity index (χ2v) is 7.12. The molecule has 26 heavy (non-hydrogen) atoms. The van der Waals surface area contributed by atoms with E-state index in [1.54, 1.807) is 11.0 Å². The average molecular weight is 357 g/mol. The molecule has 0 bridgehead atoms. The van der Waals surface area contributed by atoms with E-state index in [1.807, 2.05) is 0 Å². The van der Waals surface area contributed by atoms with Crippen LogP contribution in [0.25, 0.3) is 0 Å². The molecule has 1 fully saturated rings. The Morgan fingerprint density at radius 2 is 1.85 bits per heavy atom. The summed E-state index contributed by atoms with van der Waals surface area (Å²) in [6.45, 7) is 2.03. The molecule has 2 aromatic rings. The largest absolute Gasteiger partial charge is 0.366 e. The number of hydrogen-bond donors (Lipinski definition) is 0. The van der Waals surface area contributed by atoms with Gasteiger partial charge in [0.05, 0.1) is 11.6 Å². The van der Waals surface area contributed by atoms with Crippen LogP contribution in [0.4, 0.5) is 14.5 Å². The monoisotopic (exact) mass is 357 g/mol. The predicted octanol–water partition coefficient (Wildman–Crippen LogP) is 3.54. The van der Waals surface area contributed by atoms with Gasteiger partial charge in [-0.25, -0.2) is 8.78 Å². The Morgan fingerprint density at radius 3 is 2.62 bits per heavy atom. The molecule has 1 unspecified atom stereocenters. The number of nitriles is 1. The summed E-state index contributed by atoms with van der Waals surface area (Å²) in [6.07, 6.45) is 6.17. The number of fused-ring (bicyclic) bond motifs is 1. The topological polar surface area (TPSA) is 57.7 Å². The summed E-state index contributed by atoms with van der Waals surface area (Å²) in [5.41, 5.74) is -0.0376. The Kier molecular flexibility index (Phi) is 4.58. The number of aryl methyl sites for hydroxylation is 1. The van der Waals surface area contributed by atoms with Gasteiger partial charge in [0.1, 0.15) is 17.3 Å². The van der Waals surface area contributed by atoms with Crippen LogP contribution < -0.4 is 4.90 Å². The lowest BCUT2D eigenvalue weighted by Crippen LogP contribution is -2.36. The van der Waals surface area contributed by atoms with E-state index in [0.717, 1.165) is 62.4 Å². The van der Waals surface area contributed by atoms with E-state index in [1.165, 1.54) is 6.42 Å². The third-order valence-electron chi connectivity index (χ3n) is 5.39. The van der Waals surface area contributed by atoms with Crippen molar-refractivity contribution < 1.29 is 8.78 Å². The van der Waals surface area contributed by atoms with Gasteiger partial charge in [0.15, 0.2) is 11.6 Å². The molecule has 136 valence electrons. The highest BCUT2D eigenvalue weighted by atomic mass is 19.1. The lowest BCUT2D eigenvalue weighted by molar-refractivity contribution is 0.454. The third-order valence-corrected chi connectivity index (χ3v) is 5.39. The second kappa shape index (κ2) is 7.02. The molecular weight excluding hydrogens is 336 g/mol. The fourth-order valence-electron chi connectivity index (χ4n) is 4.13. The van der Waals surface area contributed by atoms with Gasteiger partial charge in [0.2, 0.25) is 0 Å². The zero-order valence-electron chi connectivity index (χ0n) is 14.6. The third kappa shape index (κ3) is 3.05. The lowest BCUT2D eigenvalue weighted by Gasteiger charge is -2.34. The van der Waals surface area contributed by atoms with Crippen LogP contribution in [-0.2, 0) is 13.0 Å². The van der Waals surface area contributed by atoms with Gasteiger partial charge in [0.25, 0.3) is 0 Å². The molecule has 0 aliphatic carbocycles. The van der Waals surface area contributed by atoms with Gasteiger partial charge in [-0.05, 0) is 37.8 Å². The van der Waals surface area contributed by atoms with Gasteiger partial charge in [-0.15, -0.1) is 10.2 Å². The molecule has 2 aliphatic heterocycles. The van der Waals surface area contributed by atoms with E-state index < -0.39 is 11.6 Å². The fourth-order valence-corrected chi connectivity index (χ4v) is 4.13. The molecule has 5 nitrogen and oxygen atoms in total. The van der Waals surface area contributed by atoms with Crippen molar-refractivity contribution >= 4 is 5.69 Å². The van der Waals surface area contributed by atoms with Gasteiger partial charge >= 0.3 is 0 Å². The molecule has 1 saturated heterocycles. The van der Waals surface area contributed by atoms with E-state index in [-0.39, 0.29) is 17.2 Å². The van der Waals surface area contributed by atoms with Gasteiger partial charge in [0, 0.05) is 32.0 Å². The van der Waals surface area contributed by atoms with Crippen LogP contribution in [0.15, 0.2) is 12.1 Å². The van der Waals surface area contributed by atoms with E-state index >= 15 is 0 Å². The molecule has 0 N–H and O–H groups in total. The maximum atomic E-state index is 14.4. The molecule has 4 rings (SSSR count). The van der Waals surface area contributed by atoms with Crippen LogP contribution in [0, 0.1) is 23.0 Å². The summed E-state index contributed by atoms with van der Waals surface area (Å²) in [5.74, 6) is 0.730. The van der Waals surface area contributed by atoms with E-state index in [0.29, 0.717) is 13.1 Å². The minimum absolute atomic E-state index is 0.0000795. The average Bonchev–Trinajstić information content (AvgIpc) is 2.90. The van der Waals surface area contributed by atoms with Crippen molar-refractivity contribution in [3.05, 3.63) is 41.0 Å². The highest BCUT2D eigenvalue weighted by Crippen LogP contribution is 2.33. The predicted molar refractivity (Wildman–Crippen MR) is 92.8 cm³/mol. The van der Waals surface area contributed by atoms with Crippen LogP contribution in [0.5, 0.6) is 0 Å². The second-order valence-electron chi connectivity index (χ2n) is 7.12. The molecular formula is C19H21F2N5. The minimum atomic E-state index is -0.678. The first-order valence-corrected chi connectivity index (χ1v) is 9.23. The van der Waals surface area contributed by atoms with Gasteiger partial charge in [-0.1, -0.05) is 6.42 Å². The normalized spacial score (nSPS) is 20.3. The van der Waals surface area contributed by atoms with Crippen LogP contribution in [0.1, 0.15) is 55.2 Å². The summed E-state index contributed by atoms with van der Waals surface area (Å²) in [7, 11) is 0. The zero-order chi connectivity index (χ0) is 18.1. The van der Waals surface area contributed by atoms with Crippen molar-refractivity contribution in [2.24, 2.45) is 0 Å². The van der Waals surface area contributed by atoms with E-state index in [4.69, 9.17) is 5.26 Å². The SMILES string of the molecule is N#Cc1cc(F)c(N2CCCC(c3nnc4n3CCCCC4)C2)c(F)c1. The molecule has 1 aromatic heterocycles. The first-order valence-electron chi connectivity index (χ1n) is 9.23. The molecule has 2 aliphatic rings. The van der Waals surface area contributed by atoms with Crippen LogP contribution in [-0.4, -0.2) is 27.9 Å². The van der Waals surface area contributed by atoms with Crippen LogP contribution in [0.2, 0.25) is 0 Å². The van der Waals surface area contributed by atoms with Crippen LogP contribution >= 0.6 is 0 Å². The molecule has 0 radical (unpaired) electrons. The first kappa shape index (κ1) is 17.0. The lowest BCUT2D eigenvalue weighted by atomic mass is 9.96. The summed E-state index contributed by atoms with van der Waals surface area (Å²) in [6, 6.07) is 3.99. The zero-order valence-corrected chi connectivity index (χ0v) is 14.6. The fraction of sp³-hybridized carbons (Fsp3) is 0.526. The maximum absolute atomic E-state index is 14.4. The molecule has 7 heteroatoms. The number of hydrogen-bond acceptors (Lipinski definition) is 4. The summed E-state index contributed by atoms with van der Waals surface area (Å²) in [4.78, 5) is 1.75. The molecule has 0 amide bonds. The molecule has 3 heterocycles. The van der Waals surface area contributed by atoms with Crippen molar-refractivity contribution in [3.8, 4) is 6.07 Å². The number of anilines is 1. The Morgan fingerprint density at radius 1 is 1.04 bits per heavy atom. The molecule has 0 saturated carbocycles. The number of piperidine rings is 1. The number of aromatic nitrogens is 3. The smallest absolute Gasteiger partial charge is 0.150 e. The van der Waals surface area contributed by atoms with Crippen LogP contribution in [0.3, 0.4) is 0 Å². The van der Waals surface area contributed by atoms with Gasteiger partial charge in [-0.2, -0.15) is 5.26 Å². The van der Waals surface area contributed by atoms with Crippen molar-refractivity contribution in [2.45, 2.75) is 51.0 Å². The van der Waals surface area contributed by atoms with Crippen molar-refractivity contribution in [1.29, 1.82) is 5.26 Å². The Labute approximate surface area is 151 Å². The van der Waals surface area contributed by atoms with E-state index in [2.05, 4.69) is 14.8 Å². The molecule has 0 spiro atoms. The number of rotatable bonds is 2. The highest BCUT2D eigenvalue weighted by Gasteiger charge is 2.30. The van der Waals surface area contributed by atoms with Crippen molar-refractivity contribution in [1.82, 2.24) is 14.8 Å². The Balaban J connectivity index is 1.61. The summed E-state index contributed by atoms with van der Waals surface area (Å²) < 4.78 is 31.0. The number of nitrogens with zero attached hydrogens (tertiary/aromatic N) is 5. The van der Waals surface area contributed by atoms with Gasteiger partial charge in [-0.3, -0.25) is 0 Å². The summed E-state index contributed by atoms with van der Waals surface area (Å²) >= 11 is 0. The number of halogens is 2. The van der Waals surface area contributed by atoms with E-state index in [9.17, 15) is 8.78 Å². The summed E-state index contributed by atoms with van der Waals surface area (Å²) in [5, 5.41) is 17.7. The number of benzene rings is 1. The van der Waals surface area contributed by atoms with Crippen molar-refractivity contribution in [2.75, 3.05) is 18.0 Å².